The monoisotopic (exact) mass is 254 g/mol. The van der Waals surface area contributed by atoms with Gasteiger partial charge in [-0.15, -0.1) is 0 Å². The van der Waals surface area contributed by atoms with Crippen LogP contribution >= 0.6 is 0 Å². The van der Waals surface area contributed by atoms with Gasteiger partial charge in [0.15, 0.2) is 0 Å². The lowest BCUT2D eigenvalue weighted by Gasteiger charge is -2.13. The molecule has 8 nitrogen and oxygen atoms in total. The topological polar surface area (TPSA) is 122 Å². The molecule has 0 spiro atoms. The van der Waals surface area contributed by atoms with Crippen molar-refractivity contribution in [3.63, 3.8) is 0 Å². The van der Waals surface area contributed by atoms with E-state index >= 15 is 0 Å². The van der Waals surface area contributed by atoms with Gasteiger partial charge in [0.2, 0.25) is 0 Å². The highest BCUT2D eigenvalue weighted by molar-refractivity contribution is 7.88. The summed E-state index contributed by atoms with van der Waals surface area (Å²) in [4.78, 5) is 21.3. The number of ether oxygens (including phenoxy) is 1. The highest BCUT2D eigenvalue weighted by Crippen LogP contribution is 1.98. The molecule has 0 aromatic heterocycles. The van der Waals surface area contributed by atoms with Crippen molar-refractivity contribution in [3.05, 3.63) is 0 Å². The summed E-state index contributed by atoms with van der Waals surface area (Å²) in [6, 6.07) is -1.27. The Morgan fingerprint density at radius 2 is 2.00 bits per heavy atom. The first-order valence-electron chi connectivity index (χ1n) is 4.43. The van der Waals surface area contributed by atoms with E-state index in [4.69, 9.17) is 5.11 Å². The van der Waals surface area contributed by atoms with E-state index in [1.165, 1.54) is 4.72 Å². The highest BCUT2D eigenvalue weighted by Gasteiger charge is 2.24. The van der Waals surface area contributed by atoms with Crippen LogP contribution in [0, 0.1) is 0 Å². The molecule has 0 saturated heterocycles. The first-order chi connectivity index (χ1) is 7.32. The van der Waals surface area contributed by atoms with Crippen molar-refractivity contribution < 1.29 is 27.9 Å². The molecule has 3 N–H and O–H groups in total. The van der Waals surface area contributed by atoms with Crippen LogP contribution in [0.3, 0.4) is 0 Å². The van der Waals surface area contributed by atoms with E-state index in [2.05, 4.69) is 4.74 Å². The van der Waals surface area contributed by atoms with Crippen LogP contribution < -0.4 is 9.44 Å². The van der Waals surface area contributed by atoms with Gasteiger partial charge >= 0.3 is 22.3 Å². The Morgan fingerprint density at radius 3 is 2.38 bits per heavy atom. The third-order valence-corrected chi connectivity index (χ3v) is 2.61. The van der Waals surface area contributed by atoms with Crippen LogP contribution in [-0.4, -0.2) is 38.7 Å². The van der Waals surface area contributed by atoms with Gasteiger partial charge in [-0.05, 0) is 6.42 Å². The molecular formula is C7H14N2O6S. The van der Waals surface area contributed by atoms with E-state index < -0.39 is 28.3 Å². The lowest BCUT2D eigenvalue weighted by molar-refractivity contribution is -0.139. The van der Waals surface area contributed by atoms with Crippen LogP contribution in [0.25, 0.3) is 0 Å². The molecule has 0 aromatic rings. The zero-order valence-electron chi connectivity index (χ0n) is 8.89. The Bertz CT molecular complexity index is 352. The molecule has 1 amide bonds. The van der Waals surface area contributed by atoms with Crippen molar-refractivity contribution in [1.29, 1.82) is 0 Å². The number of carboxylic acids is 1. The van der Waals surface area contributed by atoms with Gasteiger partial charge in [0.05, 0.1) is 7.11 Å². The number of nitrogens with one attached hydrogen (secondary N) is 2. The zero-order valence-corrected chi connectivity index (χ0v) is 9.70. The highest BCUT2D eigenvalue weighted by atomic mass is 32.2. The van der Waals surface area contributed by atoms with E-state index in [1.807, 2.05) is 4.72 Å². The van der Waals surface area contributed by atoms with Gasteiger partial charge in [-0.1, -0.05) is 13.3 Å². The lowest BCUT2D eigenvalue weighted by atomic mass is 10.2. The number of aliphatic carboxylic acids is 1. The number of hydrogen-bond donors (Lipinski definition) is 3. The van der Waals surface area contributed by atoms with E-state index in [0.29, 0.717) is 6.42 Å². The summed E-state index contributed by atoms with van der Waals surface area (Å²) in [7, 11) is -3.22. The first-order valence-corrected chi connectivity index (χ1v) is 5.91. The third-order valence-electron chi connectivity index (χ3n) is 1.58. The Labute approximate surface area is 93.2 Å². The molecular weight excluding hydrogens is 240 g/mol. The molecule has 0 aliphatic carbocycles. The molecule has 0 aliphatic heterocycles. The second-order valence-electron chi connectivity index (χ2n) is 2.89. The molecule has 0 bridgehead atoms. The molecule has 94 valence electrons. The Balaban J connectivity index is 4.54. The van der Waals surface area contributed by atoms with E-state index in [0.717, 1.165) is 7.11 Å². The summed E-state index contributed by atoms with van der Waals surface area (Å²) in [5, 5.41) is 8.69. The fourth-order valence-electron chi connectivity index (χ4n) is 0.890. The fourth-order valence-corrected chi connectivity index (χ4v) is 1.84. The average Bonchev–Trinajstić information content (AvgIpc) is 2.15. The molecule has 16 heavy (non-hydrogen) atoms. The van der Waals surface area contributed by atoms with Crippen molar-refractivity contribution in [1.82, 2.24) is 9.44 Å². The molecule has 0 aromatic carbocycles. The number of rotatable bonds is 6. The van der Waals surface area contributed by atoms with Gasteiger partial charge in [0.1, 0.15) is 6.04 Å². The van der Waals surface area contributed by atoms with Crippen molar-refractivity contribution in [3.8, 4) is 0 Å². The van der Waals surface area contributed by atoms with E-state index in [1.54, 1.807) is 6.92 Å². The predicted molar refractivity (Wildman–Crippen MR) is 53.9 cm³/mol. The normalized spacial score (nSPS) is 12.9. The minimum absolute atomic E-state index is 0.122. The van der Waals surface area contributed by atoms with Crippen LogP contribution in [0.4, 0.5) is 4.79 Å². The van der Waals surface area contributed by atoms with Gasteiger partial charge in [-0.2, -0.15) is 13.1 Å². The van der Waals surface area contributed by atoms with Crippen LogP contribution in [0.2, 0.25) is 0 Å². The summed E-state index contributed by atoms with van der Waals surface area (Å²) in [6.45, 7) is 1.71. The fraction of sp³-hybridized carbons (Fsp3) is 0.714. The van der Waals surface area contributed by atoms with Crippen LogP contribution in [0.5, 0.6) is 0 Å². The van der Waals surface area contributed by atoms with Crippen molar-refractivity contribution >= 4 is 22.3 Å². The number of methoxy groups -OCH3 is 1. The summed E-state index contributed by atoms with van der Waals surface area (Å²) in [5.74, 6) is -1.31. The van der Waals surface area contributed by atoms with Crippen LogP contribution in [-0.2, 0) is 19.7 Å². The molecule has 0 heterocycles. The number of carboxylic acid groups (broad SMARTS) is 1. The van der Waals surface area contributed by atoms with Crippen LogP contribution in [0.15, 0.2) is 0 Å². The van der Waals surface area contributed by atoms with Gasteiger partial charge < -0.3 is 9.84 Å². The van der Waals surface area contributed by atoms with E-state index in [9.17, 15) is 18.0 Å². The zero-order chi connectivity index (χ0) is 12.8. The Hall–Kier alpha value is -1.35. The van der Waals surface area contributed by atoms with E-state index in [-0.39, 0.29) is 6.42 Å². The maximum atomic E-state index is 11.2. The molecule has 0 rings (SSSR count). The molecule has 0 unspecified atom stereocenters. The Kier molecular flexibility index (Phi) is 5.75. The molecule has 1 atom stereocenters. The first kappa shape index (κ1) is 14.6. The van der Waals surface area contributed by atoms with Gasteiger partial charge in [-0.25, -0.2) is 9.52 Å². The molecule has 9 heteroatoms. The number of hydrogen-bond acceptors (Lipinski definition) is 5. The number of carbonyl (C=O) groups excluding carboxylic acids is 1. The standard InChI is InChI=1S/C7H14N2O6S/c1-3-4-5(6(10)11)8-16(13,14)9-7(12)15-2/h5,8H,3-4H2,1-2H3,(H,9,12)(H,10,11)/t5-/m1/s1. The molecule has 0 fully saturated rings. The third kappa shape index (κ3) is 5.51. The summed E-state index contributed by atoms with van der Waals surface area (Å²) < 4.78 is 29.8. The molecule has 0 aliphatic rings. The maximum Gasteiger partial charge on any atom is 0.421 e. The van der Waals surface area contributed by atoms with Crippen molar-refractivity contribution in [2.24, 2.45) is 0 Å². The quantitative estimate of drug-likeness (QED) is 0.583. The minimum Gasteiger partial charge on any atom is -0.480 e. The largest absolute Gasteiger partial charge is 0.480 e. The maximum absolute atomic E-state index is 11.2. The Morgan fingerprint density at radius 1 is 1.44 bits per heavy atom. The SMILES string of the molecule is CCC[C@@H](NS(=O)(=O)NC(=O)OC)C(=O)O. The summed E-state index contributed by atoms with van der Waals surface area (Å²) in [5.41, 5.74) is 0. The van der Waals surface area contributed by atoms with Crippen LogP contribution in [0.1, 0.15) is 19.8 Å². The number of amides is 1. The van der Waals surface area contributed by atoms with Crippen molar-refractivity contribution in [2.45, 2.75) is 25.8 Å². The van der Waals surface area contributed by atoms with Gasteiger partial charge in [0.25, 0.3) is 0 Å². The second-order valence-corrected chi connectivity index (χ2v) is 4.34. The predicted octanol–water partition coefficient (Wildman–Crippen LogP) is -0.570. The number of carbonyl (C=O) groups is 2. The minimum atomic E-state index is -4.21. The summed E-state index contributed by atoms with van der Waals surface area (Å²) >= 11 is 0. The van der Waals surface area contributed by atoms with Gasteiger partial charge in [0, 0.05) is 0 Å². The molecule has 0 radical (unpaired) electrons. The summed E-state index contributed by atoms with van der Waals surface area (Å²) in [6.07, 6.45) is -0.581. The molecule has 0 saturated carbocycles. The smallest absolute Gasteiger partial charge is 0.421 e. The van der Waals surface area contributed by atoms with Crippen molar-refractivity contribution in [2.75, 3.05) is 7.11 Å². The second kappa shape index (κ2) is 6.28. The van der Waals surface area contributed by atoms with Gasteiger partial charge in [-0.3, -0.25) is 4.79 Å². The average molecular weight is 254 g/mol. The lowest BCUT2D eigenvalue weighted by Crippen LogP contribution is -2.48.